The summed E-state index contributed by atoms with van der Waals surface area (Å²) >= 11 is 0. The monoisotopic (exact) mass is 247 g/mol. The van der Waals surface area contributed by atoms with Crippen molar-refractivity contribution in [2.75, 3.05) is 11.4 Å². The number of nitrogens with zero attached hydrogens (tertiary/aromatic N) is 2. The van der Waals surface area contributed by atoms with Crippen LogP contribution in [-0.2, 0) is 0 Å². The maximum Gasteiger partial charge on any atom is 0.128 e. The van der Waals surface area contributed by atoms with Crippen molar-refractivity contribution in [2.45, 2.75) is 58.0 Å². The molecule has 3 heteroatoms. The first-order valence-electron chi connectivity index (χ1n) is 7.20. The van der Waals surface area contributed by atoms with Crippen LogP contribution in [0, 0.1) is 0 Å². The number of anilines is 1. The van der Waals surface area contributed by atoms with Gasteiger partial charge in [-0.3, -0.25) is 0 Å². The molecule has 3 nitrogen and oxygen atoms in total. The molecule has 0 spiro atoms. The summed E-state index contributed by atoms with van der Waals surface area (Å²) in [6.07, 6.45) is 8.66. The predicted molar refractivity (Wildman–Crippen MR) is 76.7 cm³/mol. The van der Waals surface area contributed by atoms with Crippen LogP contribution in [0.15, 0.2) is 18.3 Å². The lowest BCUT2D eigenvalue weighted by Crippen LogP contribution is -2.37. The Hall–Kier alpha value is -1.09. The Morgan fingerprint density at radius 3 is 2.56 bits per heavy atom. The van der Waals surface area contributed by atoms with Crippen LogP contribution >= 0.6 is 0 Å². The molecule has 1 aromatic rings. The van der Waals surface area contributed by atoms with E-state index in [2.05, 4.69) is 28.9 Å². The van der Waals surface area contributed by atoms with Gasteiger partial charge in [-0.05, 0) is 38.3 Å². The van der Waals surface area contributed by atoms with E-state index in [0.29, 0.717) is 6.04 Å². The summed E-state index contributed by atoms with van der Waals surface area (Å²) in [7, 11) is 0. The van der Waals surface area contributed by atoms with Crippen LogP contribution in [0.4, 0.5) is 5.82 Å². The van der Waals surface area contributed by atoms with E-state index in [4.69, 9.17) is 5.73 Å². The Kier molecular flexibility index (Phi) is 4.59. The van der Waals surface area contributed by atoms with Crippen molar-refractivity contribution in [1.29, 1.82) is 0 Å². The van der Waals surface area contributed by atoms with E-state index in [9.17, 15) is 0 Å². The van der Waals surface area contributed by atoms with Crippen LogP contribution in [0.1, 0.15) is 57.6 Å². The Balaban J connectivity index is 2.11. The van der Waals surface area contributed by atoms with Crippen LogP contribution in [0.2, 0.25) is 0 Å². The Labute approximate surface area is 110 Å². The van der Waals surface area contributed by atoms with Gasteiger partial charge < -0.3 is 10.6 Å². The van der Waals surface area contributed by atoms with Crippen LogP contribution in [-0.4, -0.2) is 17.6 Å². The molecule has 1 unspecified atom stereocenters. The first-order valence-corrected chi connectivity index (χ1v) is 7.20. The molecule has 2 N–H and O–H groups in total. The molecule has 18 heavy (non-hydrogen) atoms. The fourth-order valence-corrected chi connectivity index (χ4v) is 2.84. The third-order valence-electron chi connectivity index (χ3n) is 3.95. The van der Waals surface area contributed by atoms with Crippen LogP contribution < -0.4 is 10.6 Å². The molecule has 1 aliphatic rings. The molecular weight excluding hydrogens is 222 g/mol. The van der Waals surface area contributed by atoms with E-state index in [-0.39, 0.29) is 6.04 Å². The minimum Gasteiger partial charge on any atom is -0.354 e. The smallest absolute Gasteiger partial charge is 0.128 e. The lowest BCUT2D eigenvalue weighted by Gasteiger charge is -2.34. The summed E-state index contributed by atoms with van der Waals surface area (Å²) in [5.41, 5.74) is 6.97. The lowest BCUT2D eigenvalue weighted by atomic mass is 9.94. The van der Waals surface area contributed by atoms with Crippen molar-refractivity contribution in [3.05, 3.63) is 23.9 Å². The number of hydrogen-bond donors (Lipinski definition) is 1. The van der Waals surface area contributed by atoms with Crippen molar-refractivity contribution in [1.82, 2.24) is 4.98 Å². The molecule has 0 aliphatic heterocycles. The molecule has 1 atom stereocenters. The molecule has 0 amide bonds. The maximum absolute atomic E-state index is 5.86. The summed E-state index contributed by atoms with van der Waals surface area (Å²) in [6, 6.07) is 4.98. The minimum absolute atomic E-state index is 0.0660. The molecule has 1 aliphatic carbocycles. The van der Waals surface area contributed by atoms with E-state index >= 15 is 0 Å². The van der Waals surface area contributed by atoms with Gasteiger partial charge in [-0.1, -0.05) is 25.3 Å². The van der Waals surface area contributed by atoms with Gasteiger partial charge in [0.2, 0.25) is 0 Å². The topological polar surface area (TPSA) is 42.1 Å². The summed E-state index contributed by atoms with van der Waals surface area (Å²) in [5, 5.41) is 0. The molecule has 0 radical (unpaired) electrons. The van der Waals surface area contributed by atoms with E-state index < -0.39 is 0 Å². The summed E-state index contributed by atoms with van der Waals surface area (Å²) in [5.74, 6) is 1.11. The molecule has 1 saturated carbocycles. The summed E-state index contributed by atoms with van der Waals surface area (Å²) in [6.45, 7) is 5.25. The van der Waals surface area contributed by atoms with Gasteiger partial charge in [0.05, 0.1) is 0 Å². The first kappa shape index (κ1) is 13.3. The average Bonchev–Trinajstić information content (AvgIpc) is 2.41. The number of pyridine rings is 1. The second kappa shape index (κ2) is 6.19. The third kappa shape index (κ3) is 3.02. The zero-order valence-electron chi connectivity index (χ0n) is 11.6. The van der Waals surface area contributed by atoms with Gasteiger partial charge in [-0.2, -0.15) is 0 Å². The standard InChI is InChI=1S/C15H25N3/c1-3-18(14-7-5-4-6-8-14)15-10-9-13(11-17-15)12(2)16/h9-12,14H,3-8,16H2,1-2H3. The molecule has 0 saturated heterocycles. The molecule has 1 fully saturated rings. The van der Waals surface area contributed by atoms with Crippen LogP contribution in [0.3, 0.4) is 0 Å². The van der Waals surface area contributed by atoms with Gasteiger partial charge in [0.15, 0.2) is 0 Å². The minimum atomic E-state index is 0.0660. The lowest BCUT2D eigenvalue weighted by molar-refractivity contribution is 0.416. The number of aromatic nitrogens is 1. The highest BCUT2D eigenvalue weighted by Crippen LogP contribution is 2.26. The molecule has 2 rings (SSSR count). The quantitative estimate of drug-likeness (QED) is 0.888. The number of nitrogens with two attached hydrogens (primary N) is 1. The third-order valence-corrected chi connectivity index (χ3v) is 3.95. The van der Waals surface area contributed by atoms with E-state index in [1.165, 1.54) is 32.1 Å². The van der Waals surface area contributed by atoms with Gasteiger partial charge in [0, 0.05) is 24.8 Å². The Morgan fingerprint density at radius 1 is 1.33 bits per heavy atom. The highest BCUT2D eigenvalue weighted by Gasteiger charge is 2.20. The molecule has 100 valence electrons. The van der Waals surface area contributed by atoms with Gasteiger partial charge in [-0.25, -0.2) is 4.98 Å². The molecular formula is C15H25N3. The van der Waals surface area contributed by atoms with Crippen molar-refractivity contribution >= 4 is 5.82 Å². The zero-order chi connectivity index (χ0) is 13.0. The maximum atomic E-state index is 5.86. The van der Waals surface area contributed by atoms with E-state index in [0.717, 1.165) is 17.9 Å². The van der Waals surface area contributed by atoms with Gasteiger partial charge in [0.1, 0.15) is 5.82 Å². The zero-order valence-corrected chi connectivity index (χ0v) is 11.6. The van der Waals surface area contributed by atoms with E-state index in [1.807, 2.05) is 13.1 Å². The first-order chi connectivity index (χ1) is 8.72. The predicted octanol–water partition coefficient (Wildman–Crippen LogP) is 3.26. The fraction of sp³-hybridized carbons (Fsp3) is 0.667. The normalized spacial score (nSPS) is 18.6. The molecule has 0 aromatic carbocycles. The highest BCUT2D eigenvalue weighted by atomic mass is 15.2. The molecule has 1 aromatic heterocycles. The van der Waals surface area contributed by atoms with Gasteiger partial charge >= 0.3 is 0 Å². The van der Waals surface area contributed by atoms with E-state index in [1.54, 1.807) is 0 Å². The van der Waals surface area contributed by atoms with Crippen LogP contribution in [0.25, 0.3) is 0 Å². The summed E-state index contributed by atoms with van der Waals surface area (Å²) in [4.78, 5) is 7.04. The average molecular weight is 247 g/mol. The second-order valence-electron chi connectivity index (χ2n) is 5.32. The van der Waals surface area contributed by atoms with Crippen LogP contribution in [0.5, 0.6) is 0 Å². The largest absolute Gasteiger partial charge is 0.354 e. The van der Waals surface area contributed by atoms with Gasteiger partial charge in [-0.15, -0.1) is 0 Å². The van der Waals surface area contributed by atoms with Crippen molar-refractivity contribution in [2.24, 2.45) is 5.73 Å². The SMILES string of the molecule is CCN(c1ccc(C(C)N)cn1)C1CCCCC1. The Bertz CT molecular complexity index is 353. The number of rotatable bonds is 4. The highest BCUT2D eigenvalue weighted by molar-refractivity contribution is 5.41. The van der Waals surface area contributed by atoms with Crippen molar-refractivity contribution in [3.8, 4) is 0 Å². The Morgan fingerprint density at radius 2 is 2.06 bits per heavy atom. The summed E-state index contributed by atoms with van der Waals surface area (Å²) < 4.78 is 0. The number of hydrogen-bond acceptors (Lipinski definition) is 3. The second-order valence-corrected chi connectivity index (χ2v) is 5.32. The van der Waals surface area contributed by atoms with Gasteiger partial charge in [0.25, 0.3) is 0 Å². The fourth-order valence-electron chi connectivity index (χ4n) is 2.84. The van der Waals surface area contributed by atoms with Crippen molar-refractivity contribution in [3.63, 3.8) is 0 Å². The molecule has 1 heterocycles. The van der Waals surface area contributed by atoms with Crippen molar-refractivity contribution < 1.29 is 0 Å². The molecule has 0 bridgehead atoms.